The van der Waals surface area contributed by atoms with Gasteiger partial charge in [0.15, 0.2) is 0 Å². The van der Waals surface area contributed by atoms with Gasteiger partial charge in [-0.05, 0) is 69.0 Å². The van der Waals surface area contributed by atoms with Crippen molar-refractivity contribution in [3.63, 3.8) is 0 Å². The number of halogens is 3. The summed E-state index contributed by atoms with van der Waals surface area (Å²) in [5.41, 5.74) is 1.69. The zero-order chi connectivity index (χ0) is 23.7. The SMILES string of the molecule is CCN(C(=O)C1CCN(S(=O)(=O)c2ccccc2C(F)(F)F)CC1)c1cc(C)cc(C)c1. The van der Waals surface area contributed by atoms with E-state index in [4.69, 9.17) is 0 Å². The number of amides is 1. The number of carbonyl (C=O) groups is 1. The van der Waals surface area contributed by atoms with Crippen LogP contribution < -0.4 is 4.90 Å². The third kappa shape index (κ3) is 4.99. The maximum Gasteiger partial charge on any atom is 0.417 e. The summed E-state index contributed by atoms with van der Waals surface area (Å²) in [6, 6.07) is 10.1. The standard InChI is InChI=1S/C23H27F3N2O3S/c1-4-28(19-14-16(2)13-17(3)15-19)22(29)18-9-11-27(12-10-18)32(30,31)21-8-6-5-7-20(21)23(24,25)26/h5-8,13-15,18H,4,9-12H2,1-3H3. The van der Waals surface area contributed by atoms with Crippen LogP contribution >= 0.6 is 0 Å². The summed E-state index contributed by atoms with van der Waals surface area (Å²) >= 11 is 0. The van der Waals surface area contributed by atoms with E-state index < -0.39 is 26.7 Å². The van der Waals surface area contributed by atoms with Gasteiger partial charge >= 0.3 is 6.18 Å². The van der Waals surface area contributed by atoms with Crippen LogP contribution in [0.25, 0.3) is 0 Å². The first-order valence-corrected chi connectivity index (χ1v) is 11.9. The highest BCUT2D eigenvalue weighted by Gasteiger charge is 2.40. The lowest BCUT2D eigenvalue weighted by atomic mass is 9.96. The van der Waals surface area contributed by atoms with Crippen molar-refractivity contribution in [1.82, 2.24) is 4.31 Å². The summed E-state index contributed by atoms with van der Waals surface area (Å²) in [6.07, 6.45) is -4.26. The first-order valence-electron chi connectivity index (χ1n) is 10.5. The zero-order valence-electron chi connectivity index (χ0n) is 18.3. The molecule has 1 fully saturated rings. The smallest absolute Gasteiger partial charge is 0.312 e. The number of carbonyl (C=O) groups excluding carboxylic acids is 1. The van der Waals surface area contributed by atoms with Crippen molar-refractivity contribution in [2.24, 2.45) is 5.92 Å². The Balaban J connectivity index is 1.77. The average molecular weight is 469 g/mol. The minimum atomic E-state index is -4.77. The van der Waals surface area contributed by atoms with Gasteiger partial charge in [0, 0.05) is 31.2 Å². The van der Waals surface area contributed by atoms with Gasteiger partial charge in [0.1, 0.15) is 0 Å². The number of hydrogen-bond donors (Lipinski definition) is 0. The molecule has 0 atom stereocenters. The van der Waals surface area contributed by atoms with Crippen LogP contribution in [0.4, 0.5) is 18.9 Å². The first kappa shape index (κ1) is 24.3. The lowest BCUT2D eigenvalue weighted by molar-refractivity contribution is -0.139. The molecule has 3 rings (SSSR count). The van der Waals surface area contributed by atoms with Gasteiger partial charge in [-0.3, -0.25) is 4.79 Å². The number of alkyl halides is 3. The van der Waals surface area contributed by atoms with Crippen molar-refractivity contribution in [3.8, 4) is 0 Å². The maximum atomic E-state index is 13.3. The number of hydrogen-bond acceptors (Lipinski definition) is 3. The molecule has 174 valence electrons. The van der Waals surface area contributed by atoms with Crippen LogP contribution in [0.5, 0.6) is 0 Å². The fourth-order valence-corrected chi connectivity index (χ4v) is 5.88. The Morgan fingerprint density at radius 1 is 1.06 bits per heavy atom. The second kappa shape index (κ2) is 9.23. The molecule has 32 heavy (non-hydrogen) atoms. The van der Waals surface area contributed by atoms with Crippen molar-refractivity contribution < 1.29 is 26.4 Å². The van der Waals surface area contributed by atoms with Crippen molar-refractivity contribution in [1.29, 1.82) is 0 Å². The van der Waals surface area contributed by atoms with Crippen LogP contribution in [-0.4, -0.2) is 38.3 Å². The zero-order valence-corrected chi connectivity index (χ0v) is 19.1. The Labute approximate surface area is 186 Å². The van der Waals surface area contributed by atoms with Crippen LogP contribution in [0.3, 0.4) is 0 Å². The van der Waals surface area contributed by atoms with E-state index in [9.17, 15) is 26.4 Å². The summed E-state index contributed by atoms with van der Waals surface area (Å²) in [4.78, 5) is 14.1. The lowest BCUT2D eigenvalue weighted by Gasteiger charge is -2.34. The molecule has 1 aliphatic heterocycles. The molecule has 0 aromatic heterocycles. The van der Waals surface area contributed by atoms with Gasteiger partial charge in [-0.25, -0.2) is 8.42 Å². The van der Waals surface area contributed by atoms with Crippen molar-refractivity contribution in [3.05, 3.63) is 59.2 Å². The number of nitrogens with zero attached hydrogens (tertiary/aromatic N) is 2. The van der Waals surface area contributed by atoms with Crippen molar-refractivity contribution >= 4 is 21.6 Å². The summed E-state index contributed by atoms with van der Waals surface area (Å²) in [5.74, 6) is -0.481. The molecule has 0 radical (unpaired) electrons. The van der Waals surface area contributed by atoms with Crippen LogP contribution in [0.1, 0.15) is 36.5 Å². The minimum absolute atomic E-state index is 0.00463. The molecular formula is C23H27F3N2O3S. The van der Waals surface area contributed by atoms with Crippen LogP contribution in [0, 0.1) is 19.8 Å². The van der Waals surface area contributed by atoms with Gasteiger partial charge in [0.2, 0.25) is 15.9 Å². The molecule has 1 saturated heterocycles. The fourth-order valence-electron chi connectivity index (χ4n) is 4.20. The predicted molar refractivity (Wildman–Crippen MR) is 117 cm³/mol. The molecule has 1 aliphatic rings. The molecule has 5 nitrogen and oxygen atoms in total. The highest BCUT2D eigenvalue weighted by atomic mass is 32.2. The fraction of sp³-hybridized carbons (Fsp3) is 0.435. The monoisotopic (exact) mass is 468 g/mol. The number of rotatable bonds is 5. The first-order chi connectivity index (χ1) is 14.9. The molecule has 1 amide bonds. The summed E-state index contributed by atoms with van der Waals surface area (Å²) in [6.45, 7) is 6.25. The summed E-state index contributed by atoms with van der Waals surface area (Å²) in [7, 11) is -4.33. The summed E-state index contributed by atoms with van der Waals surface area (Å²) in [5, 5.41) is 0. The molecule has 0 aliphatic carbocycles. The van der Waals surface area contributed by atoms with Gasteiger partial charge in [-0.15, -0.1) is 0 Å². The van der Waals surface area contributed by atoms with Gasteiger partial charge < -0.3 is 4.90 Å². The Morgan fingerprint density at radius 2 is 1.62 bits per heavy atom. The Hall–Kier alpha value is -2.39. The summed E-state index contributed by atoms with van der Waals surface area (Å²) < 4.78 is 66.9. The quantitative estimate of drug-likeness (QED) is 0.635. The third-order valence-electron chi connectivity index (χ3n) is 5.71. The number of piperidine rings is 1. The Bertz CT molecular complexity index is 1070. The number of aryl methyl sites for hydroxylation is 2. The number of benzene rings is 2. The number of anilines is 1. The van der Waals surface area contributed by atoms with E-state index in [1.54, 1.807) is 4.90 Å². The van der Waals surface area contributed by atoms with Crippen LogP contribution in [-0.2, 0) is 21.0 Å². The Kier molecular flexibility index (Phi) is 7.00. The van der Waals surface area contributed by atoms with E-state index >= 15 is 0 Å². The molecule has 0 N–H and O–H groups in total. The minimum Gasteiger partial charge on any atom is -0.312 e. The highest BCUT2D eigenvalue weighted by molar-refractivity contribution is 7.89. The largest absolute Gasteiger partial charge is 0.417 e. The predicted octanol–water partition coefficient (Wildman–Crippen LogP) is 4.78. The van der Waals surface area contributed by atoms with Gasteiger partial charge in [-0.1, -0.05) is 18.2 Å². The molecule has 0 spiro atoms. The molecule has 1 heterocycles. The maximum absolute atomic E-state index is 13.3. The topological polar surface area (TPSA) is 57.7 Å². The van der Waals surface area contributed by atoms with Crippen LogP contribution in [0.2, 0.25) is 0 Å². The molecule has 0 bridgehead atoms. The van der Waals surface area contributed by atoms with E-state index in [1.807, 2.05) is 39.0 Å². The van der Waals surface area contributed by atoms with Crippen molar-refractivity contribution in [2.45, 2.75) is 44.7 Å². The van der Waals surface area contributed by atoms with E-state index in [2.05, 4.69) is 0 Å². The second-order valence-electron chi connectivity index (χ2n) is 8.10. The third-order valence-corrected chi connectivity index (χ3v) is 7.67. The van der Waals surface area contributed by atoms with Gasteiger partial charge in [-0.2, -0.15) is 17.5 Å². The van der Waals surface area contributed by atoms with Crippen LogP contribution in [0.15, 0.2) is 47.4 Å². The van der Waals surface area contributed by atoms with Gasteiger partial charge in [0.25, 0.3) is 0 Å². The normalized spacial score (nSPS) is 16.2. The number of sulfonamides is 1. The highest BCUT2D eigenvalue weighted by Crippen LogP contribution is 2.36. The second-order valence-corrected chi connectivity index (χ2v) is 10.0. The molecule has 2 aromatic carbocycles. The molecule has 9 heteroatoms. The van der Waals surface area contributed by atoms with E-state index in [0.29, 0.717) is 6.54 Å². The molecule has 0 saturated carbocycles. The molecule has 0 unspecified atom stereocenters. The van der Waals surface area contributed by atoms with E-state index in [-0.39, 0.29) is 37.8 Å². The average Bonchev–Trinajstić information content (AvgIpc) is 2.73. The van der Waals surface area contributed by atoms with E-state index in [0.717, 1.165) is 33.3 Å². The van der Waals surface area contributed by atoms with Crippen molar-refractivity contribution in [2.75, 3.05) is 24.5 Å². The van der Waals surface area contributed by atoms with E-state index in [1.165, 1.54) is 12.1 Å². The van der Waals surface area contributed by atoms with Gasteiger partial charge in [0.05, 0.1) is 10.5 Å². The molecular weight excluding hydrogens is 441 g/mol. The lowest BCUT2D eigenvalue weighted by Crippen LogP contribution is -2.44. The Morgan fingerprint density at radius 3 is 2.16 bits per heavy atom. The molecule has 2 aromatic rings.